The standard InChI is InChI=1S/C20H37NOSi/c1-15(12-14-21)16-10-11-17-18(9-8-13-20(16,17)5)22-23(6,7)19(2,3)4/h15-18H,8-13H2,1-7H3/t15-,16-,17+,18+,20-/m1/s1. The van der Waals surface area contributed by atoms with Gasteiger partial charge in [0.1, 0.15) is 0 Å². The maximum Gasteiger partial charge on any atom is 0.192 e. The van der Waals surface area contributed by atoms with Gasteiger partial charge in [0.2, 0.25) is 0 Å². The molecule has 0 aliphatic heterocycles. The molecule has 2 saturated carbocycles. The van der Waals surface area contributed by atoms with Crippen LogP contribution in [0.2, 0.25) is 18.1 Å². The van der Waals surface area contributed by atoms with Gasteiger partial charge in [-0.1, -0.05) is 41.0 Å². The molecule has 0 radical (unpaired) electrons. The Bertz CT molecular complexity index is 461. The van der Waals surface area contributed by atoms with E-state index in [1.165, 1.54) is 32.1 Å². The normalized spacial score (nSPS) is 36.3. The number of nitriles is 1. The van der Waals surface area contributed by atoms with E-state index < -0.39 is 8.32 Å². The van der Waals surface area contributed by atoms with Crippen molar-refractivity contribution in [2.24, 2.45) is 23.2 Å². The zero-order chi connectivity index (χ0) is 17.5. The van der Waals surface area contributed by atoms with Crippen molar-refractivity contribution in [3.63, 3.8) is 0 Å². The summed E-state index contributed by atoms with van der Waals surface area (Å²) in [6.07, 6.45) is 7.62. The van der Waals surface area contributed by atoms with Crippen molar-refractivity contribution in [3.05, 3.63) is 0 Å². The molecular formula is C20H37NOSi. The fraction of sp³-hybridized carbons (Fsp3) is 0.950. The molecule has 5 atom stereocenters. The third kappa shape index (κ3) is 3.54. The molecule has 2 aliphatic rings. The van der Waals surface area contributed by atoms with E-state index in [-0.39, 0.29) is 5.04 Å². The van der Waals surface area contributed by atoms with Gasteiger partial charge in [-0.25, -0.2) is 0 Å². The summed E-state index contributed by atoms with van der Waals surface area (Å²) in [7, 11) is -1.70. The third-order valence-electron chi connectivity index (χ3n) is 7.49. The summed E-state index contributed by atoms with van der Waals surface area (Å²) in [4.78, 5) is 0. The van der Waals surface area contributed by atoms with Gasteiger partial charge in [-0.3, -0.25) is 0 Å². The van der Waals surface area contributed by atoms with Crippen molar-refractivity contribution in [3.8, 4) is 6.07 Å². The Morgan fingerprint density at radius 2 is 1.91 bits per heavy atom. The molecule has 2 fully saturated rings. The Hall–Kier alpha value is -0.333. The summed E-state index contributed by atoms with van der Waals surface area (Å²) < 4.78 is 6.88. The van der Waals surface area contributed by atoms with Gasteiger partial charge >= 0.3 is 0 Å². The van der Waals surface area contributed by atoms with E-state index in [1.54, 1.807) is 0 Å². The van der Waals surface area contributed by atoms with Crippen molar-refractivity contribution in [1.82, 2.24) is 0 Å². The van der Waals surface area contributed by atoms with Crippen LogP contribution in [0.1, 0.15) is 73.1 Å². The molecule has 0 heterocycles. The third-order valence-corrected chi connectivity index (χ3v) is 12.0. The molecule has 0 unspecified atom stereocenters. The minimum absolute atomic E-state index is 0.285. The Labute approximate surface area is 145 Å². The summed E-state index contributed by atoms with van der Waals surface area (Å²) in [6, 6.07) is 2.40. The van der Waals surface area contributed by atoms with E-state index in [0.29, 0.717) is 35.7 Å². The van der Waals surface area contributed by atoms with Crippen LogP contribution in [0.5, 0.6) is 0 Å². The zero-order valence-corrected chi connectivity index (χ0v) is 17.4. The quantitative estimate of drug-likeness (QED) is 0.578. The first-order valence-corrected chi connectivity index (χ1v) is 12.5. The molecule has 132 valence electrons. The molecule has 0 bridgehead atoms. The minimum Gasteiger partial charge on any atom is -0.414 e. The molecule has 0 N–H and O–H groups in total. The Morgan fingerprint density at radius 3 is 2.48 bits per heavy atom. The molecule has 23 heavy (non-hydrogen) atoms. The van der Waals surface area contributed by atoms with E-state index in [4.69, 9.17) is 9.69 Å². The highest BCUT2D eigenvalue weighted by Gasteiger charge is 2.54. The Morgan fingerprint density at radius 1 is 1.26 bits per heavy atom. The van der Waals surface area contributed by atoms with Crippen LogP contribution in [0.15, 0.2) is 0 Å². The summed E-state index contributed by atoms with van der Waals surface area (Å²) in [6.45, 7) is 16.6. The van der Waals surface area contributed by atoms with Crippen LogP contribution in [-0.4, -0.2) is 14.4 Å². The van der Waals surface area contributed by atoms with Crippen LogP contribution in [0.3, 0.4) is 0 Å². The second kappa shape index (κ2) is 6.52. The lowest BCUT2D eigenvalue weighted by molar-refractivity contribution is -0.0198. The van der Waals surface area contributed by atoms with Crippen molar-refractivity contribution in [1.29, 1.82) is 5.26 Å². The van der Waals surface area contributed by atoms with Gasteiger partial charge in [-0.15, -0.1) is 0 Å². The predicted molar refractivity (Wildman–Crippen MR) is 99.6 cm³/mol. The molecule has 0 aromatic heterocycles. The maximum absolute atomic E-state index is 9.10. The van der Waals surface area contributed by atoms with Gasteiger partial charge in [-0.05, 0) is 67.0 Å². The number of hydrogen-bond donors (Lipinski definition) is 0. The van der Waals surface area contributed by atoms with Crippen LogP contribution in [0.4, 0.5) is 0 Å². The zero-order valence-electron chi connectivity index (χ0n) is 16.4. The second-order valence-electron chi connectivity index (χ2n) is 9.94. The van der Waals surface area contributed by atoms with Crippen LogP contribution >= 0.6 is 0 Å². The smallest absolute Gasteiger partial charge is 0.192 e. The van der Waals surface area contributed by atoms with Crippen LogP contribution in [0.25, 0.3) is 0 Å². The van der Waals surface area contributed by atoms with E-state index in [1.807, 2.05) is 0 Å². The van der Waals surface area contributed by atoms with Crippen LogP contribution in [-0.2, 0) is 4.43 Å². The number of hydrogen-bond acceptors (Lipinski definition) is 2. The van der Waals surface area contributed by atoms with Crippen molar-refractivity contribution in [2.45, 2.75) is 97.4 Å². The predicted octanol–water partition coefficient (Wildman–Crippen LogP) is 6.14. The van der Waals surface area contributed by atoms with E-state index in [0.717, 1.165) is 0 Å². The van der Waals surface area contributed by atoms with Crippen molar-refractivity contribution < 1.29 is 4.43 Å². The van der Waals surface area contributed by atoms with Crippen LogP contribution in [0, 0.1) is 34.5 Å². The lowest BCUT2D eigenvalue weighted by Gasteiger charge is -2.49. The fourth-order valence-corrected chi connectivity index (χ4v) is 6.47. The summed E-state index contributed by atoms with van der Waals surface area (Å²) in [5.41, 5.74) is 0.390. The highest BCUT2D eigenvalue weighted by Crippen LogP contribution is 2.59. The molecule has 2 nitrogen and oxygen atoms in total. The first kappa shape index (κ1) is 19.0. The van der Waals surface area contributed by atoms with Crippen molar-refractivity contribution in [2.75, 3.05) is 0 Å². The highest BCUT2D eigenvalue weighted by molar-refractivity contribution is 6.74. The van der Waals surface area contributed by atoms with Gasteiger partial charge in [0.15, 0.2) is 8.32 Å². The topological polar surface area (TPSA) is 33.0 Å². The first-order valence-electron chi connectivity index (χ1n) is 9.57. The summed E-state index contributed by atoms with van der Waals surface area (Å²) >= 11 is 0. The Kier molecular flexibility index (Phi) is 5.39. The SMILES string of the molecule is C[C@H](CC#N)[C@H]1CC[C@H]2[C@@H](O[Si](C)(C)C(C)(C)C)CCC[C@]12C. The average molecular weight is 336 g/mol. The highest BCUT2D eigenvalue weighted by atomic mass is 28.4. The van der Waals surface area contributed by atoms with E-state index >= 15 is 0 Å². The molecular weight excluding hydrogens is 298 g/mol. The van der Waals surface area contributed by atoms with Crippen LogP contribution < -0.4 is 0 Å². The van der Waals surface area contributed by atoms with Gasteiger partial charge in [0, 0.05) is 12.5 Å². The molecule has 3 heteroatoms. The molecule has 2 aliphatic carbocycles. The maximum atomic E-state index is 9.10. The lowest BCUT2D eigenvalue weighted by atomic mass is 9.61. The van der Waals surface area contributed by atoms with Gasteiger partial charge in [0.25, 0.3) is 0 Å². The minimum atomic E-state index is -1.70. The van der Waals surface area contributed by atoms with Gasteiger partial charge in [-0.2, -0.15) is 5.26 Å². The molecule has 0 spiro atoms. The number of fused-ring (bicyclic) bond motifs is 1. The molecule has 0 amide bonds. The number of rotatable bonds is 4. The summed E-state index contributed by atoms with van der Waals surface area (Å²) in [5.74, 6) is 1.94. The van der Waals surface area contributed by atoms with Gasteiger partial charge < -0.3 is 4.43 Å². The first-order chi connectivity index (χ1) is 10.5. The molecule has 0 aromatic rings. The molecule has 0 aromatic carbocycles. The summed E-state index contributed by atoms with van der Waals surface area (Å²) in [5, 5.41) is 9.39. The largest absolute Gasteiger partial charge is 0.414 e. The fourth-order valence-electron chi connectivity index (χ4n) is 5.08. The number of nitrogens with zero attached hydrogens (tertiary/aromatic N) is 1. The van der Waals surface area contributed by atoms with Gasteiger partial charge in [0.05, 0.1) is 6.07 Å². The van der Waals surface area contributed by atoms with E-state index in [9.17, 15) is 0 Å². The molecule has 0 saturated heterocycles. The van der Waals surface area contributed by atoms with Crippen molar-refractivity contribution >= 4 is 8.32 Å². The van der Waals surface area contributed by atoms with E-state index in [2.05, 4.69) is 53.8 Å². The second-order valence-corrected chi connectivity index (χ2v) is 14.7. The average Bonchev–Trinajstić information content (AvgIpc) is 2.75. The molecule has 2 rings (SSSR count). The Balaban J connectivity index is 2.17. The monoisotopic (exact) mass is 335 g/mol. The lowest BCUT2D eigenvalue weighted by Crippen LogP contribution is -2.50.